The van der Waals surface area contributed by atoms with E-state index in [4.69, 9.17) is 9.72 Å². The standard InChI is InChI=1S/C24H35N5O2/c1-17-14-24(31-20-8-12-29(3)13-9-20)27-22-5-4-19(15-21(17)22)26-23(30)16-25-18-6-10-28(2)11-7-18/h4-5,14-15,18,20,25H,6-13,16H2,1-3H3,(H,26,30). The molecule has 0 radical (unpaired) electrons. The van der Waals surface area contributed by atoms with E-state index in [0.29, 0.717) is 18.5 Å². The molecule has 4 rings (SSSR count). The minimum Gasteiger partial charge on any atom is -0.474 e. The Bertz CT molecular complexity index is 902. The van der Waals surface area contributed by atoms with Gasteiger partial charge in [0.1, 0.15) is 6.10 Å². The molecule has 0 aliphatic carbocycles. The lowest BCUT2D eigenvalue weighted by molar-refractivity contribution is -0.115. The molecule has 7 nitrogen and oxygen atoms in total. The van der Waals surface area contributed by atoms with Crippen LogP contribution in [0.15, 0.2) is 24.3 Å². The summed E-state index contributed by atoms with van der Waals surface area (Å²) in [5.74, 6) is 0.685. The molecule has 7 heteroatoms. The number of fused-ring (bicyclic) bond motifs is 1. The van der Waals surface area contributed by atoms with E-state index >= 15 is 0 Å². The van der Waals surface area contributed by atoms with Gasteiger partial charge in [0.25, 0.3) is 0 Å². The van der Waals surface area contributed by atoms with Crippen molar-refractivity contribution >= 4 is 22.5 Å². The second-order valence-electron chi connectivity index (χ2n) is 9.14. The first-order valence-electron chi connectivity index (χ1n) is 11.4. The Morgan fingerprint density at radius 2 is 1.74 bits per heavy atom. The molecule has 2 fully saturated rings. The number of hydrogen-bond acceptors (Lipinski definition) is 6. The number of likely N-dealkylation sites (tertiary alicyclic amines) is 2. The fraction of sp³-hybridized carbons (Fsp3) is 0.583. The minimum atomic E-state index is -0.00823. The molecule has 0 atom stereocenters. The fourth-order valence-electron chi connectivity index (χ4n) is 4.43. The van der Waals surface area contributed by atoms with Gasteiger partial charge in [-0.3, -0.25) is 4.79 Å². The summed E-state index contributed by atoms with van der Waals surface area (Å²) in [5, 5.41) is 7.45. The van der Waals surface area contributed by atoms with E-state index in [1.54, 1.807) is 0 Å². The number of piperidine rings is 2. The molecule has 0 bridgehead atoms. The van der Waals surface area contributed by atoms with Crippen molar-refractivity contribution in [3.05, 3.63) is 29.8 Å². The Balaban J connectivity index is 1.35. The maximum Gasteiger partial charge on any atom is 0.238 e. The minimum absolute atomic E-state index is 0.00823. The van der Waals surface area contributed by atoms with E-state index in [0.717, 1.165) is 74.0 Å². The van der Waals surface area contributed by atoms with Crippen LogP contribution < -0.4 is 15.4 Å². The zero-order valence-corrected chi connectivity index (χ0v) is 19.0. The van der Waals surface area contributed by atoms with Crippen molar-refractivity contribution in [2.24, 2.45) is 0 Å². The Morgan fingerprint density at radius 3 is 2.45 bits per heavy atom. The van der Waals surface area contributed by atoms with Gasteiger partial charge in [-0.1, -0.05) is 0 Å². The van der Waals surface area contributed by atoms with Gasteiger partial charge in [-0.15, -0.1) is 0 Å². The Kier molecular flexibility index (Phi) is 7.05. The van der Waals surface area contributed by atoms with E-state index < -0.39 is 0 Å². The van der Waals surface area contributed by atoms with E-state index in [-0.39, 0.29) is 12.0 Å². The maximum atomic E-state index is 12.4. The summed E-state index contributed by atoms with van der Waals surface area (Å²) in [5.41, 5.74) is 2.80. The highest BCUT2D eigenvalue weighted by Crippen LogP contribution is 2.26. The lowest BCUT2D eigenvalue weighted by atomic mass is 10.1. The predicted octanol–water partition coefficient (Wildman–Crippen LogP) is 2.64. The number of rotatable bonds is 6. The third-order valence-electron chi connectivity index (χ3n) is 6.50. The van der Waals surface area contributed by atoms with Crippen LogP contribution in [0.4, 0.5) is 5.69 Å². The number of nitrogens with one attached hydrogen (secondary N) is 2. The number of anilines is 1. The molecule has 31 heavy (non-hydrogen) atoms. The molecule has 2 aliphatic heterocycles. The molecule has 1 amide bonds. The van der Waals surface area contributed by atoms with Crippen molar-refractivity contribution in [1.82, 2.24) is 20.1 Å². The molecule has 1 aromatic heterocycles. The summed E-state index contributed by atoms with van der Waals surface area (Å²) < 4.78 is 6.16. The molecule has 3 heterocycles. The van der Waals surface area contributed by atoms with Gasteiger partial charge in [0.2, 0.25) is 11.8 Å². The largest absolute Gasteiger partial charge is 0.474 e. The highest BCUT2D eigenvalue weighted by Gasteiger charge is 2.19. The Hall–Kier alpha value is -2.22. The second-order valence-corrected chi connectivity index (χ2v) is 9.14. The van der Waals surface area contributed by atoms with Crippen LogP contribution in [0.3, 0.4) is 0 Å². The molecule has 0 saturated carbocycles. The highest BCUT2D eigenvalue weighted by molar-refractivity contribution is 5.95. The van der Waals surface area contributed by atoms with Crippen molar-refractivity contribution in [2.75, 3.05) is 52.1 Å². The number of amides is 1. The average molecular weight is 426 g/mol. The van der Waals surface area contributed by atoms with Gasteiger partial charge in [0.15, 0.2) is 0 Å². The number of aromatic nitrogens is 1. The van der Waals surface area contributed by atoms with Crippen molar-refractivity contribution < 1.29 is 9.53 Å². The van der Waals surface area contributed by atoms with Gasteiger partial charge >= 0.3 is 0 Å². The summed E-state index contributed by atoms with van der Waals surface area (Å²) in [6.07, 6.45) is 4.48. The smallest absolute Gasteiger partial charge is 0.238 e. The number of benzene rings is 1. The van der Waals surface area contributed by atoms with Crippen molar-refractivity contribution in [3.8, 4) is 5.88 Å². The number of ether oxygens (including phenoxy) is 1. The van der Waals surface area contributed by atoms with Crippen LogP contribution in [0.2, 0.25) is 0 Å². The predicted molar refractivity (Wildman–Crippen MR) is 125 cm³/mol. The van der Waals surface area contributed by atoms with Crippen molar-refractivity contribution in [2.45, 2.75) is 44.8 Å². The van der Waals surface area contributed by atoms with Crippen molar-refractivity contribution in [3.63, 3.8) is 0 Å². The van der Waals surface area contributed by atoms with Gasteiger partial charge in [0.05, 0.1) is 12.1 Å². The Morgan fingerprint density at radius 1 is 1.06 bits per heavy atom. The van der Waals surface area contributed by atoms with Gasteiger partial charge in [-0.2, -0.15) is 0 Å². The zero-order valence-electron chi connectivity index (χ0n) is 19.0. The summed E-state index contributed by atoms with van der Waals surface area (Å²) in [6, 6.07) is 8.32. The summed E-state index contributed by atoms with van der Waals surface area (Å²) in [7, 11) is 4.29. The first kappa shape index (κ1) is 22.0. The number of hydrogen-bond donors (Lipinski definition) is 2. The lowest BCUT2D eigenvalue weighted by Gasteiger charge is -2.29. The van der Waals surface area contributed by atoms with Gasteiger partial charge in [-0.25, -0.2) is 4.98 Å². The van der Waals surface area contributed by atoms with E-state index in [1.807, 2.05) is 24.3 Å². The van der Waals surface area contributed by atoms with Crippen LogP contribution in [0.5, 0.6) is 5.88 Å². The fourth-order valence-corrected chi connectivity index (χ4v) is 4.43. The second kappa shape index (κ2) is 9.94. The van der Waals surface area contributed by atoms with Crippen molar-refractivity contribution in [1.29, 1.82) is 0 Å². The molecule has 0 unspecified atom stereocenters. The summed E-state index contributed by atoms with van der Waals surface area (Å²) in [6.45, 7) is 6.70. The summed E-state index contributed by atoms with van der Waals surface area (Å²) >= 11 is 0. The third kappa shape index (κ3) is 5.93. The topological polar surface area (TPSA) is 69.7 Å². The molecule has 168 valence electrons. The van der Waals surface area contributed by atoms with Crippen LogP contribution in [-0.4, -0.2) is 79.7 Å². The van der Waals surface area contributed by atoms with Crippen LogP contribution in [0.25, 0.3) is 10.9 Å². The van der Waals surface area contributed by atoms with E-state index in [9.17, 15) is 4.79 Å². The maximum absolute atomic E-state index is 12.4. The molecule has 2 aromatic rings. The quantitative estimate of drug-likeness (QED) is 0.742. The van der Waals surface area contributed by atoms with Crippen LogP contribution in [0, 0.1) is 6.92 Å². The first-order chi connectivity index (χ1) is 15.0. The van der Waals surface area contributed by atoms with Crippen LogP contribution >= 0.6 is 0 Å². The molecule has 2 saturated heterocycles. The van der Waals surface area contributed by atoms with E-state index in [1.165, 1.54) is 0 Å². The Labute approximate surface area is 185 Å². The number of carbonyl (C=O) groups is 1. The molecular formula is C24H35N5O2. The van der Waals surface area contributed by atoms with Crippen LogP contribution in [-0.2, 0) is 4.79 Å². The third-order valence-corrected chi connectivity index (χ3v) is 6.50. The number of pyridine rings is 1. The van der Waals surface area contributed by atoms with Gasteiger partial charge < -0.3 is 25.2 Å². The zero-order chi connectivity index (χ0) is 21.8. The molecule has 1 aromatic carbocycles. The molecule has 2 N–H and O–H groups in total. The average Bonchev–Trinajstić information content (AvgIpc) is 2.75. The van der Waals surface area contributed by atoms with E-state index in [2.05, 4.69) is 41.5 Å². The lowest BCUT2D eigenvalue weighted by Crippen LogP contribution is -2.43. The number of nitrogens with zero attached hydrogens (tertiary/aromatic N) is 3. The monoisotopic (exact) mass is 425 g/mol. The van der Waals surface area contributed by atoms with Gasteiger partial charge in [0, 0.05) is 36.3 Å². The van der Waals surface area contributed by atoms with Gasteiger partial charge in [-0.05, 0) is 83.6 Å². The summed E-state index contributed by atoms with van der Waals surface area (Å²) in [4.78, 5) is 21.8. The number of aryl methyl sites for hydroxylation is 1. The molecule has 0 spiro atoms. The van der Waals surface area contributed by atoms with Crippen LogP contribution in [0.1, 0.15) is 31.2 Å². The normalized spacial score (nSPS) is 19.6. The first-order valence-corrected chi connectivity index (χ1v) is 11.4. The highest BCUT2D eigenvalue weighted by atomic mass is 16.5. The number of carbonyl (C=O) groups excluding carboxylic acids is 1. The molecule has 2 aliphatic rings. The molecular weight excluding hydrogens is 390 g/mol. The SMILES string of the molecule is Cc1cc(OC2CCN(C)CC2)nc2ccc(NC(=O)CNC3CCN(C)CC3)cc12.